The molecule has 17 heavy (non-hydrogen) atoms. The first-order valence-corrected chi connectivity index (χ1v) is 6.10. The molecule has 1 atom stereocenters. The zero-order valence-corrected chi connectivity index (χ0v) is 10.3. The zero-order valence-electron chi connectivity index (χ0n) is 10.3. The molecular formula is C14H17FN2. The first-order chi connectivity index (χ1) is 8.15. The first kappa shape index (κ1) is 10.8. The summed E-state index contributed by atoms with van der Waals surface area (Å²) in [7, 11) is 4.26. The normalized spacial score (nSPS) is 19.9. The molecule has 0 amide bonds. The van der Waals surface area contributed by atoms with Crippen LogP contribution in [0.4, 0.5) is 4.39 Å². The number of likely N-dealkylation sites (N-methyl/N-ethyl adjacent to an activating group) is 1. The van der Waals surface area contributed by atoms with Gasteiger partial charge in [-0.25, -0.2) is 4.39 Å². The molecule has 0 saturated carbocycles. The van der Waals surface area contributed by atoms with E-state index < -0.39 is 0 Å². The van der Waals surface area contributed by atoms with Gasteiger partial charge in [-0.3, -0.25) is 0 Å². The number of halogens is 1. The minimum atomic E-state index is -0.166. The van der Waals surface area contributed by atoms with Crippen molar-refractivity contribution < 1.29 is 4.39 Å². The lowest BCUT2D eigenvalue weighted by Gasteiger charge is -2.28. The molecule has 1 aromatic carbocycles. The van der Waals surface area contributed by atoms with E-state index >= 15 is 0 Å². The van der Waals surface area contributed by atoms with Crippen LogP contribution in [0.2, 0.25) is 0 Å². The summed E-state index contributed by atoms with van der Waals surface area (Å²) < 4.78 is 13.2. The Morgan fingerprint density at radius 3 is 2.94 bits per heavy atom. The van der Waals surface area contributed by atoms with Crippen molar-refractivity contribution in [2.75, 3.05) is 14.1 Å². The SMILES string of the molecule is CN(C)[C@@H]1CCc2[nH]c3cc(F)ccc3c2C1. The molecule has 1 aliphatic rings. The molecule has 1 aliphatic carbocycles. The molecule has 0 fully saturated rings. The molecule has 0 spiro atoms. The predicted molar refractivity (Wildman–Crippen MR) is 67.8 cm³/mol. The topological polar surface area (TPSA) is 19.0 Å². The van der Waals surface area contributed by atoms with Crippen LogP contribution in [0.1, 0.15) is 17.7 Å². The van der Waals surface area contributed by atoms with Crippen molar-refractivity contribution in [2.45, 2.75) is 25.3 Å². The summed E-state index contributed by atoms with van der Waals surface area (Å²) in [5.74, 6) is -0.166. The van der Waals surface area contributed by atoms with Gasteiger partial charge in [-0.15, -0.1) is 0 Å². The quantitative estimate of drug-likeness (QED) is 0.801. The van der Waals surface area contributed by atoms with Gasteiger partial charge in [0.25, 0.3) is 0 Å². The van der Waals surface area contributed by atoms with Crippen molar-refractivity contribution in [3.8, 4) is 0 Å². The van der Waals surface area contributed by atoms with E-state index in [0.717, 1.165) is 18.4 Å². The van der Waals surface area contributed by atoms with E-state index in [1.54, 1.807) is 12.1 Å². The standard InChI is InChI=1S/C14H17FN2/c1-17(2)10-4-6-13-12(8-10)11-5-3-9(15)7-14(11)16-13/h3,5,7,10,16H,4,6,8H2,1-2H3/t10-/m1/s1. The molecular weight excluding hydrogens is 215 g/mol. The third-order valence-corrected chi connectivity index (χ3v) is 3.85. The minimum absolute atomic E-state index is 0.166. The van der Waals surface area contributed by atoms with E-state index in [-0.39, 0.29) is 5.82 Å². The number of aromatic nitrogens is 1. The van der Waals surface area contributed by atoms with Crippen LogP contribution in [0.3, 0.4) is 0 Å². The molecule has 2 nitrogen and oxygen atoms in total. The van der Waals surface area contributed by atoms with E-state index in [2.05, 4.69) is 24.0 Å². The average molecular weight is 232 g/mol. The van der Waals surface area contributed by atoms with Crippen LogP contribution in [0.25, 0.3) is 10.9 Å². The van der Waals surface area contributed by atoms with Crippen molar-refractivity contribution in [1.29, 1.82) is 0 Å². The summed E-state index contributed by atoms with van der Waals surface area (Å²) in [5, 5.41) is 1.19. The fourth-order valence-corrected chi connectivity index (χ4v) is 2.82. The van der Waals surface area contributed by atoms with Gasteiger partial charge in [0.1, 0.15) is 5.82 Å². The maximum atomic E-state index is 13.2. The Kier molecular flexibility index (Phi) is 2.44. The third kappa shape index (κ3) is 1.75. The van der Waals surface area contributed by atoms with Crippen molar-refractivity contribution in [2.24, 2.45) is 0 Å². The molecule has 3 rings (SSSR count). The van der Waals surface area contributed by atoms with Crippen molar-refractivity contribution >= 4 is 10.9 Å². The van der Waals surface area contributed by atoms with Gasteiger partial charge in [0.05, 0.1) is 0 Å². The van der Waals surface area contributed by atoms with Crippen LogP contribution < -0.4 is 0 Å². The summed E-state index contributed by atoms with van der Waals surface area (Å²) in [5.41, 5.74) is 3.61. The fourth-order valence-electron chi connectivity index (χ4n) is 2.82. The maximum absolute atomic E-state index is 13.2. The molecule has 1 N–H and O–H groups in total. The minimum Gasteiger partial charge on any atom is -0.358 e. The summed E-state index contributed by atoms with van der Waals surface area (Å²) in [6, 6.07) is 5.65. The Hall–Kier alpha value is -1.35. The van der Waals surface area contributed by atoms with Crippen molar-refractivity contribution in [1.82, 2.24) is 9.88 Å². The smallest absolute Gasteiger partial charge is 0.125 e. The molecule has 0 bridgehead atoms. The summed E-state index contributed by atoms with van der Waals surface area (Å²) in [4.78, 5) is 5.64. The van der Waals surface area contributed by atoms with Gasteiger partial charge < -0.3 is 9.88 Å². The molecule has 0 saturated heterocycles. The molecule has 1 aromatic heterocycles. The van der Waals surface area contributed by atoms with E-state index in [1.807, 2.05) is 6.07 Å². The second kappa shape index (κ2) is 3.84. The van der Waals surface area contributed by atoms with Crippen molar-refractivity contribution in [3.05, 3.63) is 35.3 Å². The van der Waals surface area contributed by atoms with E-state index in [4.69, 9.17) is 0 Å². The van der Waals surface area contributed by atoms with Crippen molar-refractivity contribution in [3.63, 3.8) is 0 Å². The van der Waals surface area contributed by atoms with Crippen LogP contribution in [0.15, 0.2) is 18.2 Å². The number of H-pyrrole nitrogens is 1. The molecule has 2 aromatic rings. The number of aromatic amines is 1. The second-order valence-corrected chi connectivity index (χ2v) is 5.13. The second-order valence-electron chi connectivity index (χ2n) is 5.13. The predicted octanol–water partition coefficient (Wildman–Crippen LogP) is 2.73. The highest BCUT2D eigenvalue weighted by Gasteiger charge is 2.23. The van der Waals surface area contributed by atoms with Gasteiger partial charge in [0.15, 0.2) is 0 Å². The number of rotatable bonds is 1. The molecule has 0 aliphatic heterocycles. The number of hydrogen-bond acceptors (Lipinski definition) is 1. The highest BCUT2D eigenvalue weighted by atomic mass is 19.1. The van der Waals surface area contributed by atoms with Gasteiger partial charge in [0.2, 0.25) is 0 Å². The van der Waals surface area contributed by atoms with Gasteiger partial charge in [-0.05, 0) is 57.1 Å². The number of fused-ring (bicyclic) bond motifs is 3. The lowest BCUT2D eigenvalue weighted by Crippen LogP contribution is -2.33. The molecule has 90 valence electrons. The van der Waals surface area contributed by atoms with Gasteiger partial charge in [-0.1, -0.05) is 0 Å². The van der Waals surface area contributed by atoms with E-state index in [9.17, 15) is 4.39 Å². The Balaban J connectivity index is 2.09. The van der Waals surface area contributed by atoms with Crippen LogP contribution in [-0.4, -0.2) is 30.0 Å². The number of benzene rings is 1. The lowest BCUT2D eigenvalue weighted by molar-refractivity contribution is 0.268. The van der Waals surface area contributed by atoms with E-state index in [0.29, 0.717) is 6.04 Å². The zero-order chi connectivity index (χ0) is 12.0. The number of hydrogen-bond donors (Lipinski definition) is 1. The first-order valence-electron chi connectivity index (χ1n) is 6.10. The van der Waals surface area contributed by atoms with Crippen LogP contribution in [-0.2, 0) is 12.8 Å². The molecule has 3 heteroatoms. The van der Waals surface area contributed by atoms with Gasteiger partial charge >= 0.3 is 0 Å². The molecule has 0 radical (unpaired) electrons. The molecule has 1 heterocycles. The number of nitrogens with one attached hydrogen (secondary N) is 1. The van der Waals surface area contributed by atoms with Crippen LogP contribution in [0.5, 0.6) is 0 Å². The summed E-state index contributed by atoms with van der Waals surface area (Å²) in [6.07, 6.45) is 3.30. The highest BCUT2D eigenvalue weighted by molar-refractivity contribution is 5.85. The fraction of sp³-hybridized carbons (Fsp3) is 0.429. The maximum Gasteiger partial charge on any atom is 0.125 e. The highest BCUT2D eigenvalue weighted by Crippen LogP contribution is 2.30. The largest absolute Gasteiger partial charge is 0.358 e. The summed E-state index contributed by atoms with van der Waals surface area (Å²) in [6.45, 7) is 0. The van der Waals surface area contributed by atoms with Crippen LogP contribution >= 0.6 is 0 Å². The summed E-state index contributed by atoms with van der Waals surface area (Å²) >= 11 is 0. The van der Waals surface area contributed by atoms with E-state index in [1.165, 1.54) is 23.1 Å². The van der Waals surface area contributed by atoms with Gasteiger partial charge in [-0.2, -0.15) is 0 Å². The Morgan fingerprint density at radius 1 is 1.35 bits per heavy atom. The number of aryl methyl sites for hydroxylation is 1. The number of nitrogens with zero attached hydrogens (tertiary/aromatic N) is 1. The Morgan fingerprint density at radius 2 is 2.18 bits per heavy atom. The average Bonchev–Trinajstić information content (AvgIpc) is 2.64. The van der Waals surface area contributed by atoms with Crippen LogP contribution in [0, 0.1) is 5.82 Å². The Labute approximate surface area is 100 Å². The lowest BCUT2D eigenvalue weighted by atomic mass is 9.91. The van der Waals surface area contributed by atoms with Gasteiger partial charge in [0, 0.05) is 22.6 Å². The molecule has 0 unspecified atom stereocenters. The third-order valence-electron chi connectivity index (χ3n) is 3.85. The Bertz CT molecular complexity index is 557. The monoisotopic (exact) mass is 232 g/mol.